The standard InChI is InChI=1S/C15H19NO3S/c1-10(15(18)19-3)9-16(2)14(17)13-8-11-6-4-5-7-12(11)20-13/h4-7,10,13H,8-9H2,1-3H3/t10-,13-/m1/s1. The quantitative estimate of drug-likeness (QED) is 0.796. The molecule has 2 atom stereocenters. The van der Waals surface area contributed by atoms with Crippen molar-refractivity contribution in [3.8, 4) is 0 Å². The van der Waals surface area contributed by atoms with Gasteiger partial charge in [0.15, 0.2) is 0 Å². The Morgan fingerprint density at radius 1 is 1.45 bits per heavy atom. The van der Waals surface area contributed by atoms with Crippen LogP contribution in [0.1, 0.15) is 12.5 Å². The van der Waals surface area contributed by atoms with E-state index in [1.165, 1.54) is 17.6 Å². The third-order valence-corrected chi connectivity index (χ3v) is 4.76. The van der Waals surface area contributed by atoms with E-state index in [1.54, 1.807) is 30.6 Å². The Hall–Kier alpha value is -1.49. The Morgan fingerprint density at radius 2 is 2.15 bits per heavy atom. The van der Waals surface area contributed by atoms with Crippen LogP contribution in [0.4, 0.5) is 0 Å². The lowest BCUT2D eigenvalue weighted by Crippen LogP contribution is -2.39. The summed E-state index contributed by atoms with van der Waals surface area (Å²) < 4.78 is 4.69. The van der Waals surface area contributed by atoms with Gasteiger partial charge < -0.3 is 9.64 Å². The topological polar surface area (TPSA) is 46.6 Å². The molecule has 108 valence electrons. The molecule has 0 fully saturated rings. The first-order chi connectivity index (χ1) is 9.52. The summed E-state index contributed by atoms with van der Waals surface area (Å²) in [5.74, 6) is -0.517. The largest absolute Gasteiger partial charge is 0.469 e. The number of esters is 1. The fraction of sp³-hybridized carbons (Fsp3) is 0.467. The van der Waals surface area contributed by atoms with Gasteiger partial charge in [0, 0.05) is 18.5 Å². The van der Waals surface area contributed by atoms with Crippen molar-refractivity contribution in [2.45, 2.75) is 23.5 Å². The Kier molecular flexibility index (Phi) is 4.70. The molecule has 2 rings (SSSR count). The SMILES string of the molecule is COC(=O)[C@H](C)CN(C)C(=O)[C@H]1Cc2ccccc2S1. The number of hydrogen-bond acceptors (Lipinski definition) is 4. The maximum absolute atomic E-state index is 12.4. The highest BCUT2D eigenvalue weighted by Crippen LogP contribution is 2.37. The minimum atomic E-state index is -0.303. The summed E-state index contributed by atoms with van der Waals surface area (Å²) in [5.41, 5.74) is 1.23. The van der Waals surface area contributed by atoms with Gasteiger partial charge >= 0.3 is 5.97 Å². The number of thioether (sulfide) groups is 1. The molecule has 1 amide bonds. The van der Waals surface area contributed by atoms with Crippen molar-refractivity contribution in [2.24, 2.45) is 5.92 Å². The van der Waals surface area contributed by atoms with Crippen molar-refractivity contribution in [1.29, 1.82) is 0 Å². The second kappa shape index (κ2) is 6.31. The summed E-state index contributed by atoms with van der Waals surface area (Å²) >= 11 is 1.61. The van der Waals surface area contributed by atoms with Crippen molar-refractivity contribution in [2.75, 3.05) is 20.7 Å². The van der Waals surface area contributed by atoms with Crippen LogP contribution in [0.2, 0.25) is 0 Å². The second-order valence-corrected chi connectivity index (χ2v) is 6.31. The van der Waals surface area contributed by atoms with Crippen LogP contribution in [-0.4, -0.2) is 42.7 Å². The maximum Gasteiger partial charge on any atom is 0.310 e. The van der Waals surface area contributed by atoms with Gasteiger partial charge in [-0.3, -0.25) is 9.59 Å². The molecular weight excluding hydrogens is 274 g/mol. The Balaban J connectivity index is 1.94. The number of rotatable bonds is 4. The molecule has 4 nitrogen and oxygen atoms in total. The Bertz CT molecular complexity index is 493. The minimum Gasteiger partial charge on any atom is -0.469 e. The number of hydrogen-bond donors (Lipinski definition) is 0. The third-order valence-electron chi connectivity index (χ3n) is 3.45. The third kappa shape index (κ3) is 3.15. The number of carbonyl (C=O) groups excluding carboxylic acids is 2. The van der Waals surface area contributed by atoms with Crippen LogP contribution in [0.5, 0.6) is 0 Å². The zero-order valence-corrected chi connectivity index (χ0v) is 12.8. The zero-order valence-electron chi connectivity index (χ0n) is 12.0. The van der Waals surface area contributed by atoms with E-state index in [2.05, 4.69) is 10.8 Å². The molecule has 0 aliphatic carbocycles. The number of amides is 1. The summed E-state index contributed by atoms with van der Waals surface area (Å²) in [5, 5.41) is -0.0813. The lowest BCUT2D eigenvalue weighted by Gasteiger charge is -2.22. The summed E-state index contributed by atoms with van der Waals surface area (Å²) in [4.78, 5) is 26.6. The van der Waals surface area contributed by atoms with Gasteiger partial charge in [-0.05, 0) is 18.1 Å². The van der Waals surface area contributed by atoms with Crippen LogP contribution in [0.3, 0.4) is 0 Å². The smallest absolute Gasteiger partial charge is 0.310 e. The first-order valence-electron chi connectivity index (χ1n) is 6.60. The molecule has 0 unspecified atom stereocenters. The predicted molar refractivity (Wildman–Crippen MR) is 78.6 cm³/mol. The van der Waals surface area contributed by atoms with Crippen molar-refractivity contribution >= 4 is 23.6 Å². The van der Waals surface area contributed by atoms with Crippen LogP contribution >= 0.6 is 11.8 Å². The Morgan fingerprint density at radius 3 is 2.80 bits per heavy atom. The molecule has 0 saturated heterocycles. The van der Waals surface area contributed by atoms with Crippen molar-refractivity contribution in [3.05, 3.63) is 29.8 Å². The molecule has 1 heterocycles. The van der Waals surface area contributed by atoms with E-state index in [-0.39, 0.29) is 23.0 Å². The molecule has 1 aliphatic rings. The normalized spacial score (nSPS) is 18.2. The van der Waals surface area contributed by atoms with E-state index in [0.717, 1.165) is 6.42 Å². The number of benzene rings is 1. The molecule has 0 N–H and O–H groups in total. The van der Waals surface area contributed by atoms with Crippen LogP contribution in [0, 0.1) is 5.92 Å². The summed E-state index contributed by atoms with van der Waals surface area (Å²) in [6, 6.07) is 8.09. The lowest BCUT2D eigenvalue weighted by molar-refractivity contribution is -0.146. The van der Waals surface area contributed by atoms with Gasteiger partial charge in [-0.25, -0.2) is 0 Å². The lowest BCUT2D eigenvalue weighted by atomic mass is 10.1. The molecule has 0 bridgehead atoms. The first-order valence-corrected chi connectivity index (χ1v) is 7.48. The molecule has 5 heteroatoms. The Labute approximate surface area is 123 Å². The monoisotopic (exact) mass is 293 g/mol. The molecular formula is C15H19NO3S. The van der Waals surface area contributed by atoms with E-state index in [9.17, 15) is 9.59 Å². The molecule has 0 aromatic heterocycles. The zero-order chi connectivity index (χ0) is 14.7. The van der Waals surface area contributed by atoms with Gasteiger partial charge in [0.1, 0.15) is 0 Å². The maximum atomic E-state index is 12.4. The minimum absolute atomic E-state index is 0.0713. The average molecular weight is 293 g/mol. The number of ether oxygens (including phenoxy) is 1. The van der Waals surface area contributed by atoms with Gasteiger partial charge in [-0.1, -0.05) is 25.1 Å². The van der Waals surface area contributed by atoms with Crippen LogP contribution in [0.25, 0.3) is 0 Å². The number of fused-ring (bicyclic) bond motifs is 1. The average Bonchev–Trinajstić information content (AvgIpc) is 2.89. The molecule has 1 aromatic carbocycles. The van der Waals surface area contributed by atoms with E-state index in [0.29, 0.717) is 6.54 Å². The molecule has 0 radical (unpaired) electrons. The van der Waals surface area contributed by atoms with Gasteiger partial charge in [0.05, 0.1) is 18.3 Å². The number of carbonyl (C=O) groups is 2. The van der Waals surface area contributed by atoms with Crippen molar-refractivity contribution in [1.82, 2.24) is 4.90 Å². The van der Waals surface area contributed by atoms with Crippen molar-refractivity contribution < 1.29 is 14.3 Å². The molecule has 0 spiro atoms. The highest BCUT2D eigenvalue weighted by molar-refractivity contribution is 8.01. The number of methoxy groups -OCH3 is 1. The van der Waals surface area contributed by atoms with Crippen molar-refractivity contribution in [3.63, 3.8) is 0 Å². The summed E-state index contributed by atoms with van der Waals surface area (Å²) in [6.45, 7) is 2.16. The fourth-order valence-electron chi connectivity index (χ4n) is 2.34. The second-order valence-electron chi connectivity index (χ2n) is 5.06. The van der Waals surface area contributed by atoms with Crippen LogP contribution in [0.15, 0.2) is 29.2 Å². The fourth-order valence-corrected chi connectivity index (χ4v) is 3.65. The van der Waals surface area contributed by atoms with Crippen LogP contribution < -0.4 is 0 Å². The van der Waals surface area contributed by atoms with Gasteiger partial charge in [-0.2, -0.15) is 0 Å². The van der Waals surface area contributed by atoms with Gasteiger partial charge in [0.25, 0.3) is 0 Å². The molecule has 1 aliphatic heterocycles. The highest BCUT2D eigenvalue weighted by atomic mass is 32.2. The van der Waals surface area contributed by atoms with Crippen LogP contribution in [-0.2, 0) is 20.7 Å². The predicted octanol–water partition coefficient (Wildman–Crippen LogP) is 1.97. The van der Waals surface area contributed by atoms with Gasteiger partial charge in [0.2, 0.25) is 5.91 Å². The van der Waals surface area contributed by atoms with Gasteiger partial charge in [-0.15, -0.1) is 11.8 Å². The van der Waals surface area contributed by atoms with E-state index in [4.69, 9.17) is 0 Å². The highest BCUT2D eigenvalue weighted by Gasteiger charge is 2.31. The molecule has 20 heavy (non-hydrogen) atoms. The first kappa shape index (κ1) is 14.9. The summed E-state index contributed by atoms with van der Waals surface area (Å²) in [6.07, 6.45) is 0.761. The number of nitrogens with zero attached hydrogens (tertiary/aromatic N) is 1. The van der Waals surface area contributed by atoms with E-state index in [1.807, 2.05) is 18.2 Å². The van der Waals surface area contributed by atoms with E-state index < -0.39 is 0 Å². The molecule has 1 aromatic rings. The molecule has 0 saturated carbocycles. The summed E-state index contributed by atoms with van der Waals surface area (Å²) in [7, 11) is 3.11. The van der Waals surface area contributed by atoms with E-state index >= 15 is 0 Å².